The van der Waals surface area contributed by atoms with Crippen LogP contribution in [-0.2, 0) is 4.74 Å². The quantitative estimate of drug-likeness (QED) is 0.165. The number of ether oxygens (including phenoxy) is 1. The van der Waals surface area contributed by atoms with Crippen molar-refractivity contribution in [1.29, 1.82) is 0 Å². The maximum atomic E-state index is 6.07. The summed E-state index contributed by atoms with van der Waals surface area (Å²) in [5.74, 6) is 1.50. The molecule has 166 valence electrons. The van der Waals surface area contributed by atoms with Crippen molar-refractivity contribution in [1.82, 2.24) is 20.4 Å². The van der Waals surface area contributed by atoms with Crippen molar-refractivity contribution in [3.63, 3.8) is 0 Å². The van der Waals surface area contributed by atoms with Crippen LogP contribution in [0.3, 0.4) is 0 Å². The molecule has 1 aliphatic carbocycles. The van der Waals surface area contributed by atoms with Crippen molar-refractivity contribution in [3.05, 3.63) is 0 Å². The van der Waals surface area contributed by atoms with Crippen molar-refractivity contribution < 1.29 is 4.74 Å². The Balaban J connectivity index is 0.00000392. The zero-order valence-electron chi connectivity index (χ0n) is 18.4. The second-order valence-corrected chi connectivity index (χ2v) is 8.34. The molecular formula is C21H44IN5O. The molecule has 0 aromatic carbocycles. The monoisotopic (exact) mass is 509 g/mol. The van der Waals surface area contributed by atoms with Gasteiger partial charge >= 0.3 is 0 Å². The highest BCUT2D eigenvalue weighted by atomic mass is 127. The van der Waals surface area contributed by atoms with E-state index in [0.717, 1.165) is 38.7 Å². The fraction of sp³-hybridized carbons (Fsp3) is 0.952. The number of piperazine rings is 1. The van der Waals surface area contributed by atoms with Crippen LogP contribution in [0.25, 0.3) is 0 Å². The number of hydrogen-bond acceptors (Lipinski definition) is 4. The van der Waals surface area contributed by atoms with E-state index in [0.29, 0.717) is 12.0 Å². The molecule has 1 saturated carbocycles. The average Bonchev–Trinajstić information content (AvgIpc) is 2.94. The second kappa shape index (κ2) is 15.7. The van der Waals surface area contributed by atoms with Crippen molar-refractivity contribution >= 4 is 29.9 Å². The first-order valence-electron chi connectivity index (χ1n) is 11.2. The average molecular weight is 510 g/mol. The molecule has 1 unspecified atom stereocenters. The van der Waals surface area contributed by atoms with Crippen LogP contribution in [0.1, 0.15) is 52.4 Å². The predicted octanol–water partition coefficient (Wildman–Crippen LogP) is 2.78. The van der Waals surface area contributed by atoms with E-state index in [9.17, 15) is 0 Å². The number of aliphatic imine (C=N–C) groups is 1. The summed E-state index contributed by atoms with van der Waals surface area (Å²) in [5, 5.41) is 6.79. The number of rotatable bonds is 9. The van der Waals surface area contributed by atoms with Crippen LogP contribution >= 0.6 is 24.0 Å². The zero-order chi connectivity index (χ0) is 19.3. The van der Waals surface area contributed by atoms with Gasteiger partial charge in [-0.3, -0.25) is 4.99 Å². The minimum Gasteiger partial charge on any atom is -0.376 e. The normalized spacial score (nSPS) is 21.6. The summed E-state index contributed by atoms with van der Waals surface area (Å²) in [7, 11) is 2.21. The number of likely N-dealkylation sites (N-methyl/N-ethyl adjacent to an activating group) is 1. The Morgan fingerprint density at radius 2 is 1.75 bits per heavy atom. The Morgan fingerprint density at radius 1 is 1.07 bits per heavy atom. The summed E-state index contributed by atoms with van der Waals surface area (Å²) >= 11 is 0. The molecule has 2 aliphatic rings. The van der Waals surface area contributed by atoms with Crippen molar-refractivity contribution in [2.75, 3.05) is 66.0 Å². The van der Waals surface area contributed by atoms with E-state index >= 15 is 0 Å². The summed E-state index contributed by atoms with van der Waals surface area (Å²) < 4.78 is 6.07. The van der Waals surface area contributed by atoms with Crippen LogP contribution in [0.15, 0.2) is 4.99 Å². The van der Waals surface area contributed by atoms with E-state index in [1.54, 1.807) is 0 Å². The van der Waals surface area contributed by atoms with Gasteiger partial charge in [-0.2, -0.15) is 0 Å². The van der Waals surface area contributed by atoms with Gasteiger partial charge in [0.1, 0.15) is 0 Å². The molecule has 0 spiro atoms. The maximum Gasteiger partial charge on any atom is 0.191 e. The van der Waals surface area contributed by atoms with Crippen LogP contribution in [0.4, 0.5) is 0 Å². The molecule has 1 saturated heterocycles. The molecule has 2 fully saturated rings. The van der Waals surface area contributed by atoms with Gasteiger partial charge in [-0.05, 0) is 32.7 Å². The summed E-state index contributed by atoms with van der Waals surface area (Å²) in [6.07, 6.45) is 8.34. The zero-order valence-corrected chi connectivity index (χ0v) is 20.7. The molecule has 0 radical (unpaired) electrons. The van der Waals surface area contributed by atoms with Gasteiger partial charge in [0.2, 0.25) is 0 Å². The number of nitrogens with zero attached hydrogens (tertiary/aromatic N) is 3. The first-order valence-corrected chi connectivity index (χ1v) is 11.2. The molecule has 0 bridgehead atoms. The van der Waals surface area contributed by atoms with Gasteiger partial charge in [0.25, 0.3) is 0 Å². The summed E-state index contributed by atoms with van der Waals surface area (Å²) in [5.41, 5.74) is 0. The van der Waals surface area contributed by atoms with Crippen LogP contribution in [0, 0.1) is 5.92 Å². The molecule has 28 heavy (non-hydrogen) atoms. The highest BCUT2D eigenvalue weighted by molar-refractivity contribution is 14.0. The van der Waals surface area contributed by atoms with Crippen molar-refractivity contribution in [3.8, 4) is 0 Å². The highest BCUT2D eigenvalue weighted by Gasteiger charge is 2.16. The minimum atomic E-state index is 0. The topological polar surface area (TPSA) is 52.1 Å². The Bertz CT molecular complexity index is 408. The van der Waals surface area contributed by atoms with Gasteiger partial charge in [-0.1, -0.05) is 32.6 Å². The summed E-state index contributed by atoms with van der Waals surface area (Å²) in [6, 6.07) is 0. The molecule has 2 N–H and O–H groups in total. The molecule has 7 heteroatoms. The second-order valence-electron chi connectivity index (χ2n) is 8.34. The molecule has 1 aliphatic heterocycles. The number of nitrogens with one attached hydrogen (secondary N) is 2. The standard InChI is InChI=1S/C21H43N5O.HI/c1-4-22-21(23-11-16-27-20-9-7-5-6-8-10-20)24-17-19(2)18-26-14-12-25(3)13-15-26;/h19-20H,4-18H2,1-3H3,(H2,22,23,24);1H. The van der Waals surface area contributed by atoms with Crippen LogP contribution in [0.2, 0.25) is 0 Å². The van der Waals surface area contributed by atoms with Crippen LogP contribution < -0.4 is 10.6 Å². The molecule has 1 atom stereocenters. The fourth-order valence-corrected chi connectivity index (χ4v) is 3.92. The number of hydrogen-bond donors (Lipinski definition) is 2. The van der Waals surface area contributed by atoms with Gasteiger partial charge in [0.15, 0.2) is 5.96 Å². The predicted molar refractivity (Wildman–Crippen MR) is 130 cm³/mol. The van der Waals surface area contributed by atoms with E-state index in [-0.39, 0.29) is 24.0 Å². The first-order chi connectivity index (χ1) is 13.2. The lowest BCUT2D eigenvalue weighted by Gasteiger charge is -2.33. The largest absolute Gasteiger partial charge is 0.376 e. The van der Waals surface area contributed by atoms with E-state index in [4.69, 9.17) is 9.73 Å². The van der Waals surface area contributed by atoms with Gasteiger partial charge in [0.05, 0.1) is 12.7 Å². The SMILES string of the molecule is CCNC(=NCC(C)CN1CCN(C)CC1)NCCOC1CCCCCC1.I. The lowest BCUT2D eigenvalue weighted by atomic mass is 10.1. The lowest BCUT2D eigenvalue weighted by Crippen LogP contribution is -2.46. The van der Waals surface area contributed by atoms with E-state index in [1.807, 2.05) is 0 Å². The molecular weight excluding hydrogens is 465 g/mol. The van der Waals surface area contributed by atoms with Gasteiger partial charge < -0.3 is 25.2 Å². The maximum absolute atomic E-state index is 6.07. The Labute approximate surface area is 190 Å². The summed E-state index contributed by atoms with van der Waals surface area (Å²) in [6.45, 7) is 13.6. The third-order valence-corrected chi connectivity index (χ3v) is 5.62. The molecule has 6 nitrogen and oxygen atoms in total. The van der Waals surface area contributed by atoms with Gasteiger partial charge in [-0.25, -0.2) is 0 Å². The van der Waals surface area contributed by atoms with Gasteiger partial charge in [0, 0.05) is 52.4 Å². The first kappa shape index (κ1) is 25.9. The number of guanidine groups is 1. The van der Waals surface area contributed by atoms with Crippen molar-refractivity contribution in [2.24, 2.45) is 10.9 Å². The Kier molecular flexibility index (Phi) is 14.5. The Hall–Kier alpha value is -0.120. The smallest absolute Gasteiger partial charge is 0.191 e. The van der Waals surface area contributed by atoms with E-state index in [1.165, 1.54) is 64.7 Å². The fourth-order valence-electron chi connectivity index (χ4n) is 3.92. The van der Waals surface area contributed by atoms with Gasteiger partial charge in [-0.15, -0.1) is 24.0 Å². The molecule has 0 amide bonds. The summed E-state index contributed by atoms with van der Waals surface area (Å²) in [4.78, 5) is 9.77. The third kappa shape index (κ3) is 11.2. The number of halogens is 1. The van der Waals surface area contributed by atoms with Crippen LogP contribution in [-0.4, -0.2) is 87.9 Å². The van der Waals surface area contributed by atoms with Crippen LogP contribution in [0.5, 0.6) is 0 Å². The van der Waals surface area contributed by atoms with E-state index < -0.39 is 0 Å². The molecule has 2 rings (SSSR count). The minimum absolute atomic E-state index is 0. The Morgan fingerprint density at radius 3 is 2.39 bits per heavy atom. The molecule has 0 aromatic heterocycles. The van der Waals surface area contributed by atoms with Crippen molar-refractivity contribution in [2.45, 2.75) is 58.5 Å². The molecule has 1 heterocycles. The third-order valence-electron chi connectivity index (χ3n) is 5.62. The lowest BCUT2D eigenvalue weighted by molar-refractivity contribution is 0.0468. The highest BCUT2D eigenvalue weighted by Crippen LogP contribution is 2.19. The van der Waals surface area contributed by atoms with E-state index in [2.05, 4.69) is 41.3 Å². The molecule has 0 aromatic rings.